The smallest absolute Gasteiger partial charge is 0.252 e. The molecule has 1 aliphatic heterocycles. The molecule has 0 unspecified atom stereocenters. The van der Waals surface area contributed by atoms with E-state index in [1.807, 2.05) is 80.6 Å². The molecule has 0 spiro atoms. The van der Waals surface area contributed by atoms with Crippen LogP contribution in [0.2, 0.25) is 0 Å². The van der Waals surface area contributed by atoms with Gasteiger partial charge in [-0.2, -0.15) is 0 Å². The van der Waals surface area contributed by atoms with E-state index in [-0.39, 0.29) is 35.6 Å². The second-order valence-electron chi connectivity index (χ2n) is 10.5. The van der Waals surface area contributed by atoms with Crippen molar-refractivity contribution in [2.24, 2.45) is 17.6 Å². The summed E-state index contributed by atoms with van der Waals surface area (Å²) in [6.07, 6.45) is 3.23. The Balaban J connectivity index is 1.67. The van der Waals surface area contributed by atoms with E-state index >= 15 is 0 Å². The number of nitrogens with one attached hydrogen (secondary N) is 3. The number of hydrogen-bond donors (Lipinski definition) is 4. The maximum Gasteiger partial charge on any atom is 0.252 e. The molecule has 0 fully saturated rings. The van der Waals surface area contributed by atoms with Crippen LogP contribution in [-0.2, 0) is 9.59 Å². The molecule has 0 saturated carbocycles. The molecule has 7 nitrogen and oxygen atoms in total. The standard InChI is InChI=1S/C33H38N4O3/c1-5-20(3)30(34)33(40)36-28-18-12-10-15-24(28)23-14-9-11-17-27(23)35-29(38)19-26-22-13-7-8-16-25(22)32(39)37-31(26)21(4)6-2/h7-21,30-31H,5-6,34H2,1-4H3,(H,35,38)(H,36,40)(H,37,39)/b26-19-/t20-,21-,30-,31-/m0/s1. The van der Waals surface area contributed by atoms with Crippen LogP contribution in [0.4, 0.5) is 11.4 Å². The number of nitrogens with two attached hydrogens (primary N) is 1. The fourth-order valence-corrected chi connectivity index (χ4v) is 4.94. The highest BCUT2D eigenvalue weighted by molar-refractivity contribution is 6.11. The third-order valence-electron chi connectivity index (χ3n) is 7.82. The van der Waals surface area contributed by atoms with E-state index in [0.717, 1.165) is 35.1 Å². The lowest BCUT2D eigenvalue weighted by Crippen LogP contribution is -2.44. The number of fused-ring (bicyclic) bond motifs is 1. The van der Waals surface area contributed by atoms with E-state index in [0.29, 0.717) is 16.9 Å². The predicted molar refractivity (Wildman–Crippen MR) is 162 cm³/mol. The summed E-state index contributed by atoms with van der Waals surface area (Å²) in [5.41, 5.74) is 11.0. The van der Waals surface area contributed by atoms with Crippen LogP contribution in [0.5, 0.6) is 0 Å². The van der Waals surface area contributed by atoms with Gasteiger partial charge in [0.25, 0.3) is 5.91 Å². The number of rotatable bonds is 9. The fourth-order valence-electron chi connectivity index (χ4n) is 4.94. The molecule has 4 rings (SSSR count). The molecule has 1 heterocycles. The molecule has 208 valence electrons. The van der Waals surface area contributed by atoms with Gasteiger partial charge in [0.2, 0.25) is 11.8 Å². The predicted octanol–water partition coefficient (Wildman–Crippen LogP) is 5.85. The lowest BCUT2D eigenvalue weighted by Gasteiger charge is -2.32. The van der Waals surface area contributed by atoms with Crippen LogP contribution in [0.25, 0.3) is 16.7 Å². The van der Waals surface area contributed by atoms with Gasteiger partial charge in [-0.3, -0.25) is 14.4 Å². The molecular formula is C33H38N4O3. The summed E-state index contributed by atoms with van der Waals surface area (Å²) in [5.74, 6) is -0.499. The molecule has 4 atom stereocenters. The van der Waals surface area contributed by atoms with Crippen LogP contribution >= 0.6 is 0 Å². The molecule has 3 aromatic rings. The molecule has 3 amide bonds. The van der Waals surface area contributed by atoms with Crippen molar-refractivity contribution < 1.29 is 14.4 Å². The molecule has 7 heteroatoms. The van der Waals surface area contributed by atoms with Crippen molar-refractivity contribution in [1.29, 1.82) is 0 Å². The first-order chi connectivity index (χ1) is 19.2. The van der Waals surface area contributed by atoms with Gasteiger partial charge in [0, 0.05) is 34.1 Å². The minimum absolute atomic E-state index is 0.0423. The largest absolute Gasteiger partial charge is 0.345 e. The van der Waals surface area contributed by atoms with E-state index in [1.165, 1.54) is 0 Å². The Bertz CT molecular complexity index is 1430. The van der Waals surface area contributed by atoms with E-state index in [4.69, 9.17) is 5.73 Å². The zero-order valence-corrected chi connectivity index (χ0v) is 23.5. The van der Waals surface area contributed by atoms with Crippen molar-refractivity contribution in [3.8, 4) is 11.1 Å². The van der Waals surface area contributed by atoms with Crippen LogP contribution < -0.4 is 21.7 Å². The maximum absolute atomic E-state index is 13.5. The highest BCUT2D eigenvalue weighted by Gasteiger charge is 2.32. The van der Waals surface area contributed by atoms with Crippen LogP contribution in [0.15, 0.2) is 78.9 Å². The molecule has 5 N–H and O–H groups in total. The van der Waals surface area contributed by atoms with Gasteiger partial charge in [0.1, 0.15) is 0 Å². The highest BCUT2D eigenvalue weighted by Crippen LogP contribution is 2.35. The number of para-hydroxylation sites is 2. The first-order valence-electron chi connectivity index (χ1n) is 13.9. The summed E-state index contributed by atoms with van der Waals surface area (Å²) >= 11 is 0. The Morgan fingerprint density at radius 3 is 1.93 bits per heavy atom. The minimum Gasteiger partial charge on any atom is -0.345 e. The van der Waals surface area contributed by atoms with Gasteiger partial charge in [-0.1, -0.05) is 95.1 Å². The topological polar surface area (TPSA) is 113 Å². The van der Waals surface area contributed by atoms with Crippen LogP contribution in [0, 0.1) is 11.8 Å². The molecule has 40 heavy (non-hydrogen) atoms. The summed E-state index contributed by atoms with van der Waals surface area (Å²) in [7, 11) is 0. The lowest BCUT2D eigenvalue weighted by atomic mass is 9.82. The molecule has 0 bridgehead atoms. The molecule has 0 aromatic heterocycles. The number of benzene rings is 3. The number of hydrogen-bond acceptors (Lipinski definition) is 4. The Kier molecular flexibility index (Phi) is 9.17. The van der Waals surface area contributed by atoms with Crippen molar-refractivity contribution >= 4 is 34.7 Å². The van der Waals surface area contributed by atoms with Gasteiger partial charge in [-0.05, 0) is 41.2 Å². The summed E-state index contributed by atoms with van der Waals surface area (Å²) in [5, 5.41) is 9.11. The third kappa shape index (κ3) is 6.15. The summed E-state index contributed by atoms with van der Waals surface area (Å²) in [4.78, 5) is 39.1. The van der Waals surface area contributed by atoms with Crippen molar-refractivity contribution in [3.05, 3.63) is 90.0 Å². The van der Waals surface area contributed by atoms with Gasteiger partial charge < -0.3 is 21.7 Å². The second-order valence-corrected chi connectivity index (χ2v) is 10.5. The number of carbonyl (C=O) groups excluding carboxylic acids is 3. The summed E-state index contributed by atoms with van der Waals surface area (Å²) in [6, 6.07) is 21.4. The third-order valence-corrected chi connectivity index (χ3v) is 7.82. The number of anilines is 2. The Morgan fingerprint density at radius 2 is 1.35 bits per heavy atom. The van der Waals surface area contributed by atoms with Crippen LogP contribution in [-0.4, -0.2) is 29.8 Å². The maximum atomic E-state index is 13.5. The highest BCUT2D eigenvalue weighted by atomic mass is 16.2. The van der Waals surface area contributed by atoms with E-state index < -0.39 is 6.04 Å². The van der Waals surface area contributed by atoms with E-state index in [2.05, 4.69) is 29.8 Å². The number of carbonyl (C=O) groups is 3. The molecule has 1 aliphatic rings. The summed E-state index contributed by atoms with van der Waals surface area (Å²) in [6.45, 7) is 8.10. The molecule has 3 aromatic carbocycles. The Morgan fingerprint density at radius 1 is 0.825 bits per heavy atom. The molecule has 0 saturated heterocycles. The van der Waals surface area contributed by atoms with Gasteiger partial charge in [0.15, 0.2) is 0 Å². The minimum atomic E-state index is -0.628. The quantitative estimate of drug-likeness (QED) is 0.256. The van der Waals surface area contributed by atoms with E-state index in [9.17, 15) is 14.4 Å². The first-order valence-corrected chi connectivity index (χ1v) is 13.9. The van der Waals surface area contributed by atoms with Crippen molar-refractivity contribution in [1.82, 2.24) is 5.32 Å². The molecule has 0 radical (unpaired) electrons. The molecule has 0 aliphatic carbocycles. The zero-order valence-electron chi connectivity index (χ0n) is 23.5. The van der Waals surface area contributed by atoms with Gasteiger partial charge in [-0.15, -0.1) is 0 Å². The summed E-state index contributed by atoms with van der Waals surface area (Å²) < 4.78 is 0. The number of amides is 3. The first kappa shape index (κ1) is 28.8. The van der Waals surface area contributed by atoms with Crippen LogP contribution in [0.3, 0.4) is 0 Å². The van der Waals surface area contributed by atoms with Crippen LogP contribution in [0.1, 0.15) is 56.5 Å². The SMILES string of the molecule is CC[C@H](C)[C@H](N)C(=O)Nc1ccccc1-c1ccccc1NC(=O)/C=C1/c2ccccc2C(=O)N[C@H]1[C@@H](C)CC. The average molecular weight is 539 g/mol. The Labute approximate surface area is 236 Å². The van der Waals surface area contributed by atoms with Crippen molar-refractivity contribution in [2.45, 2.75) is 52.6 Å². The Hall–Kier alpha value is -4.23. The lowest BCUT2D eigenvalue weighted by molar-refractivity contribution is -0.118. The van der Waals surface area contributed by atoms with Gasteiger partial charge >= 0.3 is 0 Å². The fraction of sp³-hybridized carbons (Fsp3) is 0.303. The zero-order chi connectivity index (χ0) is 28.8. The molecular weight excluding hydrogens is 500 g/mol. The van der Waals surface area contributed by atoms with Crippen molar-refractivity contribution in [3.63, 3.8) is 0 Å². The normalized spacial score (nSPS) is 17.8. The van der Waals surface area contributed by atoms with Gasteiger partial charge in [0.05, 0.1) is 12.1 Å². The van der Waals surface area contributed by atoms with Gasteiger partial charge in [-0.25, -0.2) is 0 Å². The second kappa shape index (κ2) is 12.7. The van der Waals surface area contributed by atoms with Crippen molar-refractivity contribution in [2.75, 3.05) is 10.6 Å². The van der Waals surface area contributed by atoms with E-state index in [1.54, 1.807) is 12.1 Å². The average Bonchev–Trinajstić information content (AvgIpc) is 2.97. The monoisotopic (exact) mass is 538 g/mol.